The third-order valence-electron chi connectivity index (χ3n) is 2.48. The summed E-state index contributed by atoms with van der Waals surface area (Å²) >= 11 is 0. The van der Waals surface area contributed by atoms with Crippen molar-refractivity contribution in [2.75, 3.05) is 14.1 Å². The number of hydrogen-bond acceptors (Lipinski definition) is 2. The van der Waals surface area contributed by atoms with Gasteiger partial charge in [-0.05, 0) is 29.2 Å². The fourth-order valence-corrected chi connectivity index (χ4v) is 1.31. The van der Waals surface area contributed by atoms with E-state index in [0.29, 0.717) is 0 Å². The van der Waals surface area contributed by atoms with E-state index >= 15 is 0 Å². The van der Waals surface area contributed by atoms with Gasteiger partial charge in [0, 0.05) is 26.4 Å². The molecular formula is C14H20N2O. The van der Waals surface area contributed by atoms with Crippen LogP contribution in [0, 0.1) is 0 Å². The summed E-state index contributed by atoms with van der Waals surface area (Å²) in [7, 11) is 3.46. The molecule has 0 radical (unpaired) electrons. The van der Waals surface area contributed by atoms with Crippen LogP contribution in [0.15, 0.2) is 24.4 Å². The molecule has 3 heteroatoms. The van der Waals surface area contributed by atoms with Gasteiger partial charge in [0.15, 0.2) is 0 Å². The Hall–Kier alpha value is -1.64. The van der Waals surface area contributed by atoms with Gasteiger partial charge in [-0.2, -0.15) is 0 Å². The summed E-state index contributed by atoms with van der Waals surface area (Å²) in [6.07, 6.45) is 5.06. The predicted molar refractivity (Wildman–Crippen MR) is 70.7 cm³/mol. The topological polar surface area (TPSA) is 33.2 Å². The quantitative estimate of drug-likeness (QED) is 0.734. The summed E-state index contributed by atoms with van der Waals surface area (Å²) in [6.45, 7) is 6.46. The van der Waals surface area contributed by atoms with Gasteiger partial charge in [0.2, 0.25) is 5.91 Å². The molecule has 0 aromatic carbocycles. The number of likely N-dealkylation sites (N-methyl/N-ethyl adjacent to an activating group) is 1. The van der Waals surface area contributed by atoms with Crippen LogP contribution in [0.2, 0.25) is 0 Å². The molecule has 0 fully saturated rings. The highest BCUT2D eigenvalue weighted by atomic mass is 16.2. The van der Waals surface area contributed by atoms with Gasteiger partial charge >= 0.3 is 0 Å². The maximum Gasteiger partial charge on any atom is 0.246 e. The first kappa shape index (κ1) is 13.4. The van der Waals surface area contributed by atoms with Gasteiger partial charge < -0.3 is 4.90 Å². The highest BCUT2D eigenvalue weighted by Crippen LogP contribution is 2.22. The van der Waals surface area contributed by atoms with Gasteiger partial charge in [0.1, 0.15) is 0 Å². The van der Waals surface area contributed by atoms with Crippen molar-refractivity contribution in [3.8, 4) is 0 Å². The normalized spacial score (nSPS) is 11.8. The Morgan fingerprint density at radius 1 is 1.35 bits per heavy atom. The average molecular weight is 232 g/mol. The molecule has 1 rings (SSSR count). The lowest BCUT2D eigenvalue weighted by Crippen LogP contribution is -2.18. The van der Waals surface area contributed by atoms with Crippen LogP contribution in [0.4, 0.5) is 0 Å². The summed E-state index contributed by atoms with van der Waals surface area (Å²) in [5, 5.41) is 0. The second kappa shape index (κ2) is 5.13. The molecule has 3 nitrogen and oxygen atoms in total. The molecule has 0 saturated carbocycles. The van der Waals surface area contributed by atoms with E-state index in [1.54, 1.807) is 26.4 Å². The van der Waals surface area contributed by atoms with Gasteiger partial charge in [0.05, 0.1) is 5.69 Å². The molecule has 17 heavy (non-hydrogen) atoms. The predicted octanol–water partition coefficient (Wildman–Crippen LogP) is 2.48. The highest BCUT2D eigenvalue weighted by Gasteiger charge is 2.13. The molecule has 0 N–H and O–H groups in total. The number of hydrogen-bond donors (Lipinski definition) is 0. The molecule has 0 bridgehead atoms. The largest absolute Gasteiger partial charge is 0.345 e. The molecule has 0 atom stereocenters. The third-order valence-corrected chi connectivity index (χ3v) is 2.48. The van der Waals surface area contributed by atoms with E-state index in [1.807, 2.05) is 12.1 Å². The van der Waals surface area contributed by atoms with Gasteiger partial charge in [-0.15, -0.1) is 0 Å². The summed E-state index contributed by atoms with van der Waals surface area (Å²) in [5.41, 5.74) is 2.12. The molecule has 1 aromatic rings. The maximum atomic E-state index is 11.4. The van der Waals surface area contributed by atoms with Crippen molar-refractivity contribution >= 4 is 12.0 Å². The average Bonchev–Trinajstić information content (AvgIpc) is 2.25. The Morgan fingerprint density at radius 3 is 2.53 bits per heavy atom. The van der Waals surface area contributed by atoms with E-state index in [9.17, 15) is 4.79 Å². The van der Waals surface area contributed by atoms with E-state index in [-0.39, 0.29) is 11.3 Å². The number of aromatic nitrogens is 1. The molecule has 1 heterocycles. The minimum absolute atomic E-state index is 0.0343. The number of carbonyl (C=O) groups excluding carboxylic acids is 1. The molecule has 1 amide bonds. The van der Waals surface area contributed by atoms with Crippen LogP contribution >= 0.6 is 0 Å². The van der Waals surface area contributed by atoms with Crippen molar-refractivity contribution in [2.45, 2.75) is 26.2 Å². The van der Waals surface area contributed by atoms with E-state index in [1.165, 1.54) is 16.5 Å². The van der Waals surface area contributed by atoms with Crippen molar-refractivity contribution in [3.05, 3.63) is 35.7 Å². The summed E-state index contributed by atoms with van der Waals surface area (Å²) < 4.78 is 0. The second-order valence-electron chi connectivity index (χ2n) is 5.29. The van der Waals surface area contributed by atoms with Crippen molar-refractivity contribution in [2.24, 2.45) is 0 Å². The molecule has 92 valence electrons. The number of nitrogens with zero attached hydrogens (tertiary/aromatic N) is 2. The fourth-order valence-electron chi connectivity index (χ4n) is 1.31. The molecule has 0 spiro atoms. The summed E-state index contributed by atoms with van der Waals surface area (Å²) in [4.78, 5) is 17.2. The van der Waals surface area contributed by atoms with Crippen molar-refractivity contribution in [1.82, 2.24) is 9.88 Å². The van der Waals surface area contributed by atoms with Crippen LogP contribution < -0.4 is 0 Å². The first-order valence-corrected chi connectivity index (χ1v) is 5.66. The number of pyridine rings is 1. The molecular weight excluding hydrogens is 212 g/mol. The second-order valence-corrected chi connectivity index (χ2v) is 5.29. The lowest BCUT2D eigenvalue weighted by molar-refractivity contribution is -0.123. The first-order chi connectivity index (χ1) is 7.80. The minimum Gasteiger partial charge on any atom is -0.345 e. The van der Waals surface area contributed by atoms with E-state index in [2.05, 4.69) is 25.8 Å². The SMILES string of the molecule is CN(C)C(=O)C=Cc1cc(C(C)(C)C)ccn1. The van der Waals surface area contributed by atoms with Gasteiger partial charge in [-0.25, -0.2) is 0 Å². The Bertz CT molecular complexity index is 428. The summed E-state index contributed by atoms with van der Waals surface area (Å²) in [6, 6.07) is 4.02. The lowest BCUT2D eigenvalue weighted by Gasteiger charge is -2.18. The van der Waals surface area contributed by atoms with E-state index in [0.717, 1.165) is 5.69 Å². The Kier molecular flexibility index (Phi) is 4.05. The van der Waals surface area contributed by atoms with Gasteiger partial charge in [-0.3, -0.25) is 9.78 Å². The van der Waals surface area contributed by atoms with Crippen LogP contribution in [0.3, 0.4) is 0 Å². The van der Waals surface area contributed by atoms with Crippen LogP contribution in [0.1, 0.15) is 32.0 Å². The molecule has 0 aliphatic carbocycles. The number of rotatable bonds is 2. The van der Waals surface area contributed by atoms with Crippen molar-refractivity contribution < 1.29 is 4.79 Å². The van der Waals surface area contributed by atoms with Gasteiger partial charge in [0.25, 0.3) is 0 Å². The first-order valence-electron chi connectivity index (χ1n) is 5.66. The highest BCUT2D eigenvalue weighted by molar-refractivity contribution is 5.91. The van der Waals surface area contributed by atoms with Crippen LogP contribution in [-0.4, -0.2) is 29.9 Å². The summed E-state index contributed by atoms with van der Waals surface area (Å²) in [5.74, 6) is -0.0343. The van der Waals surface area contributed by atoms with Crippen LogP contribution in [-0.2, 0) is 10.2 Å². The lowest BCUT2D eigenvalue weighted by atomic mass is 9.87. The molecule has 1 aromatic heterocycles. The Labute approximate surface area is 103 Å². The zero-order chi connectivity index (χ0) is 13.1. The van der Waals surface area contributed by atoms with E-state index < -0.39 is 0 Å². The van der Waals surface area contributed by atoms with E-state index in [4.69, 9.17) is 0 Å². The number of carbonyl (C=O) groups is 1. The fraction of sp³-hybridized carbons (Fsp3) is 0.429. The minimum atomic E-state index is -0.0343. The monoisotopic (exact) mass is 232 g/mol. The van der Waals surface area contributed by atoms with Crippen LogP contribution in [0.25, 0.3) is 6.08 Å². The zero-order valence-electron chi connectivity index (χ0n) is 11.2. The van der Waals surface area contributed by atoms with Crippen molar-refractivity contribution in [3.63, 3.8) is 0 Å². The molecule has 0 aliphatic heterocycles. The Balaban J connectivity index is 2.90. The van der Waals surface area contributed by atoms with Gasteiger partial charge in [-0.1, -0.05) is 20.8 Å². The maximum absolute atomic E-state index is 11.4. The Morgan fingerprint density at radius 2 is 2.00 bits per heavy atom. The zero-order valence-corrected chi connectivity index (χ0v) is 11.2. The van der Waals surface area contributed by atoms with Crippen molar-refractivity contribution in [1.29, 1.82) is 0 Å². The molecule has 0 saturated heterocycles. The molecule has 0 aliphatic rings. The van der Waals surface area contributed by atoms with Crippen LogP contribution in [0.5, 0.6) is 0 Å². The molecule has 0 unspecified atom stereocenters. The standard InChI is InChI=1S/C14H20N2O/c1-14(2,3)11-8-9-15-12(10-11)6-7-13(17)16(4)5/h6-10H,1-5H3. The number of amides is 1. The third kappa shape index (κ3) is 4.02. The smallest absolute Gasteiger partial charge is 0.246 e.